The van der Waals surface area contributed by atoms with E-state index < -0.39 is 5.97 Å². The van der Waals surface area contributed by atoms with Crippen LogP contribution in [0.5, 0.6) is 11.5 Å². The van der Waals surface area contributed by atoms with Gasteiger partial charge < -0.3 is 14.2 Å². The summed E-state index contributed by atoms with van der Waals surface area (Å²) in [5.74, 6) is -0.246. The molecule has 2 amide bonds. The molecule has 2 aromatic rings. The molecule has 0 atom stereocenters. The highest BCUT2D eigenvalue weighted by Crippen LogP contribution is 2.39. The summed E-state index contributed by atoms with van der Waals surface area (Å²) in [7, 11) is 2.72. The van der Waals surface area contributed by atoms with Gasteiger partial charge in [0.1, 0.15) is 0 Å². The fourth-order valence-corrected chi connectivity index (χ4v) is 4.25. The van der Waals surface area contributed by atoms with Crippen LogP contribution in [0.2, 0.25) is 5.02 Å². The monoisotopic (exact) mass is 525 g/mol. The fraction of sp³-hybridized carbons (Fsp3) is 0.190. The van der Waals surface area contributed by atoms with Gasteiger partial charge in [-0.25, -0.2) is 4.79 Å². The van der Waals surface area contributed by atoms with Crippen LogP contribution in [0, 0.1) is 0 Å². The number of methoxy groups -OCH3 is 2. The first-order valence-electron chi connectivity index (χ1n) is 8.89. The van der Waals surface area contributed by atoms with Gasteiger partial charge in [0.05, 0.1) is 30.1 Å². The molecule has 1 aliphatic rings. The normalized spacial score (nSPS) is 14.8. The zero-order valence-electron chi connectivity index (χ0n) is 16.5. The third-order valence-corrected chi connectivity index (χ3v) is 5.99. The van der Waals surface area contributed by atoms with E-state index in [1.807, 2.05) is 0 Å². The van der Waals surface area contributed by atoms with E-state index in [-0.39, 0.29) is 29.2 Å². The second-order valence-electron chi connectivity index (χ2n) is 6.29. The van der Waals surface area contributed by atoms with Crippen LogP contribution >= 0.6 is 39.3 Å². The number of benzene rings is 2. The van der Waals surface area contributed by atoms with Gasteiger partial charge in [0.25, 0.3) is 11.1 Å². The minimum absolute atomic E-state index is 0.159. The Hall–Kier alpha value is -2.49. The minimum Gasteiger partial charge on any atom is -0.493 e. The molecular weight excluding hydrogens is 510 g/mol. The maximum Gasteiger partial charge on any atom is 0.343 e. The van der Waals surface area contributed by atoms with Crippen molar-refractivity contribution in [2.75, 3.05) is 20.8 Å². The summed E-state index contributed by atoms with van der Waals surface area (Å²) in [6.45, 7) is -0.124. The van der Waals surface area contributed by atoms with Crippen LogP contribution in [-0.2, 0) is 20.9 Å². The van der Waals surface area contributed by atoms with Crippen molar-refractivity contribution in [1.29, 1.82) is 0 Å². The van der Waals surface area contributed by atoms with E-state index in [1.54, 1.807) is 42.5 Å². The quantitative estimate of drug-likeness (QED) is 0.375. The highest BCUT2D eigenvalue weighted by Gasteiger charge is 2.35. The Balaban J connectivity index is 1.81. The first-order chi connectivity index (χ1) is 14.8. The molecule has 0 aliphatic carbocycles. The number of halogens is 2. The molecule has 0 spiro atoms. The topological polar surface area (TPSA) is 82.1 Å². The molecule has 1 aliphatic heterocycles. The maximum absolute atomic E-state index is 12.8. The number of ether oxygens (including phenoxy) is 3. The molecule has 0 N–H and O–H groups in total. The van der Waals surface area contributed by atoms with Crippen LogP contribution < -0.4 is 9.47 Å². The van der Waals surface area contributed by atoms with E-state index in [0.717, 1.165) is 17.3 Å². The van der Waals surface area contributed by atoms with E-state index in [9.17, 15) is 14.4 Å². The SMILES string of the molecule is COC(=O)COc1c(Br)cc(/C=C2/SC(=O)N(Cc3ccc(Cl)cc3)C2=O)cc1OC. The number of rotatable bonds is 7. The van der Waals surface area contributed by atoms with Crippen molar-refractivity contribution >= 4 is 62.5 Å². The zero-order valence-corrected chi connectivity index (χ0v) is 19.7. The lowest BCUT2D eigenvalue weighted by molar-refractivity contribution is -0.143. The Morgan fingerprint density at radius 2 is 1.90 bits per heavy atom. The van der Waals surface area contributed by atoms with E-state index in [1.165, 1.54) is 19.1 Å². The fourth-order valence-electron chi connectivity index (χ4n) is 2.71. The van der Waals surface area contributed by atoms with Gasteiger partial charge in [0.2, 0.25) is 0 Å². The van der Waals surface area contributed by atoms with E-state index >= 15 is 0 Å². The molecule has 2 aromatic carbocycles. The van der Waals surface area contributed by atoms with Gasteiger partial charge in [-0.1, -0.05) is 23.7 Å². The number of imide groups is 1. The Labute approximate surface area is 196 Å². The molecule has 0 radical (unpaired) electrons. The second-order valence-corrected chi connectivity index (χ2v) is 8.58. The second kappa shape index (κ2) is 10.2. The summed E-state index contributed by atoms with van der Waals surface area (Å²) in [5, 5.41) is 0.228. The van der Waals surface area contributed by atoms with Gasteiger partial charge in [0, 0.05) is 5.02 Å². The lowest BCUT2D eigenvalue weighted by atomic mass is 10.1. The largest absolute Gasteiger partial charge is 0.493 e. The number of esters is 1. The highest BCUT2D eigenvalue weighted by molar-refractivity contribution is 9.10. The predicted molar refractivity (Wildman–Crippen MR) is 121 cm³/mol. The lowest BCUT2D eigenvalue weighted by Gasteiger charge is -2.13. The van der Waals surface area contributed by atoms with Gasteiger partial charge in [-0.05, 0) is 69.2 Å². The Morgan fingerprint density at radius 1 is 1.19 bits per heavy atom. The van der Waals surface area contributed by atoms with E-state index in [4.69, 9.17) is 21.1 Å². The summed E-state index contributed by atoms with van der Waals surface area (Å²) in [5.41, 5.74) is 1.41. The van der Waals surface area contributed by atoms with Crippen molar-refractivity contribution in [3.8, 4) is 11.5 Å². The molecule has 0 bridgehead atoms. The molecule has 162 valence electrons. The molecule has 1 heterocycles. The molecule has 1 fully saturated rings. The number of nitrogens with zero attached hydrogens (tertiary/aromatic N) is 1. The van der Waals surface area contributed by atoms with Gasteiger partial charge in [-0.3, -0.25) is 14.5 Å². The van der Waals surface area contributed by atoms with Crippen molar-refractivity contribution in [2.45, 2.75) is 6.54 Å². The van der Waals surface area contributed by atoms with Crippen molar-refractivity contribution < 1.29 is 28.6 Å². The third kappa shape index (κ3) is 5.61. The summed E-state index contributed by atoms with van der Waals surface area (Å²) < 4.78 is 15.9. The number of carbonyl (C=O) groups excluding carboxylic acids is 3. The van der Waals surface area contributed by atoms with Crippen LogP contribution in [0.1, 0.15) is 11.1 Å². The van der Waals surface area contributed by atoms with Crippen molar-refractivity contribution in [3.63, 3.8) is 0 Å². The summed E-state index contributed by atoms with van der Waals surface area (Å²) in [4.78, 5) is 38.0. The van der Waals surface area contributed by atoms with Crippen LogP contribution in [0.3, 0.4) is 0 Å². The summed E-state index contributed by atoms with van der Waals surface area (Å²) in [6.07, 6.45) is 1.60. The molecular formula is C21H17BrClNO6S. The zero-order chi connectivity index (χ0) is 22.5. The van der Waals surface area contributed by atoms with Gasteiger partial charge in [0.15, 0.2) is 18.1 Å². The number of amides is 2. The number of hydrogen-bond donors (Lipinski definition) is 0. The third-order valence-electron chi connectivity index (χ3n) is 4.24. The molecule has 31 heavy (non-hydrogen) atoms. The van der Waals surface area contributed by atoms with Gasteiger partial charge in [-0.2, -0.15) is 0 Å². The van der Waals surface area contributed by atoms with Crippen LogP contribution in [0.15, 0.2) is 45.8 Å². The average Bonchev–Trinajstić information content (AvgIpc) is 3.01. The average molecular weight is 527 g/mol. The first-order valence-corrected chi connectivity index (χ1v) is 10.9. The van der Waals surface area contributed by atoms with Crippen molar-refractivity contribution in [3.05, 3.63) is 61.9 Å². The molecule has 1 saturated heterocycles. The summed E-state index contributed by atoms with van der Waals surface area (Å²) >= 11 is 10.1. The van der Waals surface area contributed by atoms with E-state index in [2.05, 4.69) is 20.7 Å². The Bertz CT molecular complexity index is 1060. The minimum atomic E-state index is -0.535. The Morgan fingerprint density at radius 3 is 2.55 bits per heavy atom. The predicted octanol–water partition coefficient (Wildman–Crippen LogP) is 4.90. The van der Waals surface area contributed by atoms with Crippen LogP contribution in [0.4, 0.5) is 4.79 Å². The first kappa shape index (κ1) is 23.2. The molecule has 10 heteroatoms. The lowest BCUT2D eigenvalue weighted by Crippen LogP contribution is -2.27. The number of hydrogen-bond acceptors (Lipinski definition) is 7. The molecule has 3 rings (SSSR count). The smallest absolute Gasteiger partial charge is 0.343 e. The molecule has 7 nitrogen and oxygen atoms in total. The van der Waals surface area contributed by atoms with E-state index in [0.29, 0.717) is 26.6 Å². The van der Waals surface area contributed by atoms with Crippen LogP contribution in [-0.4, -0.2) is 42.8 Å². The van der Waals surface area contributed by atoms with Gasteiger partial charge in [-0.15, -0.1) is 0 Å². The molecule has 0 aromatic heterocycles. The van der Waals surface area contributed by atoms with Gasteiger partial charge >= 0.3 is 5.97 Å². The number of thioether (sulfide) groups is 1. The standard InChI is InChI=1S/C21H17BrClNO6S/c1-28-16-8-13(7-15(22)19(16)30-11-18(25)29-2)9-17-20(26)24(21(27)31-17)10-12-3-5-14(23)6-4-12/h3-9H,10-11H2,1-2H3/b17-9+. The Kier molecular flexibility index (Phi) is 7.64. The van der Waals surface area contributed by atoms with Crippen LogP contribution in [0.25, 0.3) is 6.08 Å². The number of carbonyl (C=O) groups is 3. The molecule has 0 unspecified atom stereocenters. The molecule has 0 saturated carbocycles. The summed E-state index contributed by atoms with van der Waals surface area (Å²) in [6, 6.07) is 10.3. The van der Waals surface area contributed by atoms with Crippen molar-refractivity contribution in [1.82, 2.24) is 4.90 Å². The van der Waals surface area contributed by atoms with Crippen molar-refractivity contribution in [2.24, 2.45) is 0 Å². The highest BCUT2D eigenvalue weighted by atomic mass is 79.9. The maximum atomic E-state index is 12.8.